The Labute approximate surface area is 188 Å². The number of hydrogen-bond acceptors (Lipinski definition) is 6. The maximum atomic E-state index is 12.8. The van der Waals surface area contributed by atoms with Crippen molar-refractivity contribution in [3.8, 4) is 0 Å². The van der Waals surface area contributed by atoms with Crippen molar-refractivity contribution in [2.45, 2.75) is 56.7 Å². The molecule has 172 valence electrons. The zero-order valence-electron chi connectivity index (χ0n) is 18.7. The van der Waals surface area contributed by atoms with Gasteiger partial charge in [0.1, 0.15) is 5.82 Å². The Morgan fingerprint density at radius 1 is 1.31 bits per heavy atom. The van der Waals surface area contributed by atoms with Gasteiger partial charge in [-0.2, -0.15) is 0 Å². The predicted octanol–water partition coefficient (Wildman–Crippen LogP) is 1.56. The van der Waals surface area contributed by atoms with Gasteiger partial charge in [-0.1, -0.05) is 37.3 Å². The first kappa shape index (κ1) is 22.5. The minimum atomic E-state index is -1.02. The lowest BCUT2D eigenvalue weighted by molar-refractivity contribution is -0.136. The smallest absolute Gasteiger partial charge is 0.255 e. The lowest BCUT2D eigenvalue weighted by Gasteiger charge is -2.38. The predicted molar refractivity (Wildman–Crippen MR) is 124 cm³/mol. The van der Waals surface area contributed by atoms with Crippen LogP contribution in [0.15, 0.2) is 47.5 Å². The topological polar surface area (TPSA) is 99.5 Å². The van der Waals surface area contributed by atoms with Crippen LogP contribution in [0.4, 0.5) is 5.82 Å². The van der Waals surface area contributed by atoms with Crippen LogP contribution in [-0.2, 0) is 11.3 Å². The number of aromatic nitrogens is 2. The van der Waals surface area contributed by atoms with Gasteiger partial charge < -0.3 is 20.6 Å². The molecule has 4 rings (SSSR count). The summed E-state index contributed by atoms with van der Waals surface area (Å²) in [4.78, 5) is 31.5. The van der Waals surface area contributed by atoms with Crippen molar-refractivity contribution in [1.29, 1.82) is 0 Å². The Morgan fingerprint density at radius 2 is 2.06 bits per heavy atom. The molecule has 1 aromatic heterocycles. The van der Waals surface area contributed by atoms with Crippen molar-refractivity contribution < 1.29 is 9.90 Å². The van der Waals surface area contributed by atoms with Crippen molar-refractivity contribution in [3.63, 3.8) is 0 Å². The van der Waals surface area contributed by atoms with Crippen molar-refractivity contribution in [2.24, 2.45) is 0 Å². The van der Waals surface area contributed by atoms with E-state index in [2.05, 4.69) is 22.5 Å². The monoisotopic (exact) mass is 439 g/mol. The van der Waals surface area contributed by atoms with Gasteiger partial charge in [0, 0.05) is 38.2 Å². The number of rotatable bonds is 7. The summed E-state index contributed by atoms with van der Waals surface area (Å²) in [6.45, 7) is 5.07. The number of likely N-dealkylation sites (tertiary alicyclic amines) is 1. The van der Waals surface area contributed by atoms with Crippen LogP contribution in [-0.4, -0.2) is 63.3 Å². The first-order valence-corrected chi connectivity index (χ1v) is 11.5. The van der Waals surface area contributed by atoms with Crippen molar-refractivity contribution >= 4 is 11.7 Å². The fourth-order valence-electron chi connectivity index (χ4n) is 4.55. The largest absolute Gasteiger partial charge is 0.388 e. The average Bonchev–Trinajstić information content (AvgIpc) is 3.30. The fourth-order valence-corrected chi connectivity index (χ4v) is 4.55. The van der Waals surface area contributed by atoms with E-state index in [0.29, 0.717) is 38.2 Å². The van der Waals surface area contributed by atoms with Crippen LogP contribution in [0.25, 0.3) is 0 Å². The van der Waals surface area contributed by atoms with Gasteiger partial charge in [0.2, 0.25) is 5.91 Å². The molecular formula is C24H33N5O3. The molecule has 2 aliphatic heterocycles. The molecule has 8 heteroatoms. The fraction of sp³-hybridized carbons (Fsp3) is 0.542. The molecule has 0 spiro atoms. The first-order valence-electron chi connectivity index (χ1n) is 11.5. The molecule has 1 amide bonds. The molecule has 2 unspecified atom stereocenters. The molecule has 2 aliphatic rings. The number of aliphatic hydroxyl groups is 1. The number of benzene rings is 1. The summed E-state index contributed by atoms with van der Waals surface area (Å²) in [7, 11) is 0. The summed E-state index contributed by atoms with van der Waals surface area (Å²) in [6, 6.07) is 11.8. The van der Waals surface area contributed by atoms with Gasteiger partial charge in [0.05, 0.1) is 18.5 Å². The van der Waals surface area contributed by atoms with Crippen molar-refractivity contribution in [1.82, 2.24) is 19.8 Å². The van der Waals surface area contributed by atoms with Crippen LogP contribution in [0.1, 0.15) is 44.1 Å². The zero-order valence-corrected chi connectivity index (χ0v) is 18.7. The van der Waals surface area contributed by atoms with Gasteiger partial charge in [-0.05, 0) is 37.3 Å². The summed E-state index contributed by atoms with van der Waals surface area (Å²) in [5, 5.41) is 17.6. The third-order valence-electron chi connectivity index (χ3n) is 6.65. The summed E-state index contributed by atoms with van der Waals surface area (Å²) in [5.41, 5.74) is -0.0436. The number of amides is 1. The maximum absolute atomic E-state index is 12.8. The molecule has 32 heavy (non-hydrogen) atoms. The van der Waals surface area contributed by atoms with E-state index >= 15 is 0 Å². The summed E-state index contributed by atoms with van der Waals surface area (Å²) >= 11 is 0. The van der Waals surface area contributed by atoms with Gasteiger partial charge in [-0.3, -0.25) is 14.2 Å². The summed E-state index contributed by atoms with van der Waals surface area (Å²) < 4.78 is 1.47. The highest BCUT2D eigenvalue weighted by atomic mass is 16.3. The molecular weight excluding hydrogens is 406 g/mol. The Bertz CT molecular complexity index is 963. The Balaban J connectivity index is 1.30. The highest BCUT2D eigenvalue weighted by molar-refractivity contribution is 5.77. The Morgan fingerprint density at radius 3 is 2.72 bits per heavy atom. The van der Waals surface area contributed by atoms with E-state index in [9.17, 15) is 14.7 Å². The van der Waals surface area contributed by atoms with Crippen LogP contribution in [0.2, 0.25) is 0 Å². The molecule has 3 heterocycles. The third-order valence-corrected chi connectivity index (χ3v) is 6.65. The molecule has 0 radical (unpaired) electrons. The SMILES string of the molecule is CC(CC(=O)N1CCC(O)(Cn2cnc(NC3CCNC3)cc2=O)CC1)c1ccccc1. The molecule has 1 aromatic carbocycles. The van der Waals surface area contributed by atoms with E-state index in [0.717, 1.165) is 25.1 Å². The van der Waals surface area contributed by atoms with Gasteiger partial charge in [0.15, 0.2) is 0 Å². The maximum Gasteiger partial charge on any atom is 0.255 e. The second-order valence-electron chi connectivity index (χ2n) is 9.20. The number of carbonyl (C=O) groups is 1. The number of nitrogens with zero attached hydrogens (tertiary/aromatic N) is 3. The van der Waals surface area contributed by atoms with Crippen LogP contribution in [0.5, 0.6) is 0 Å². The lowest BCUT2D eigenvalue weighted by Crippen LogP contribution is -2.49. The number of carbonyl (C=O) groups excluding carboxylic acids is 1. The highest BCUT2D eigenvalue weighted by Crippen LogP contribution is 2.26. The Kier molecular flexibility index (Phi) is 6.91. The molecule has 0 aliphatic carbocycles. The van der Waals surface area contributed by atoms with E-state index in [1.807, 2.05) is 35.2 Å². The molecule has 2 fully saturated rings. The molecule has 2 saturated heterocycles. The number of hydrogen-bond donors (Lipinski definition) is 3. The van der Waals surface area contributed by atoms with E-state index in [-0.39, 0.29) is 30.0 Å². The van der Waals surface area contributed by atoms with Gasteiger partial charge in [-0.25, -0.2) is 4.98 Å². The molecule has 2 atom stereocenters. The highest BCUT2D eigenvalue weighted by Gasteiger charge is 2.35. The normalized spacial score (nSPS) is 21.3. The number of anilines is 1. The molecule has 0 bridgehead atoms. The number of piperidine rings is 1. The van der Waals surface area contributed by atoms with Gasteiger partial charge in [-0.15, -0.1) is 0 Å². The second kappa shape index (κ2) is 9.83. The van der Waals surface area contributed by atoms with E-state index < -0.39 is 5.60 Å². The molecule has 0 saturated carbocycles. The van der Waals surface area contributed by atoms with E-state index in [1.165, 1.54) is 17.0 Å². The second-order valence-corrected chi connectivity index (χ2v) is 9.20. The van der Waals surface area contributed by atoms with Crippen molar-refractivity contribution in [3.05, 3.63) is 58.6 Å². The minimum absolute atomic E-state index is 0.110. The summed E-state index contributed by atoms with van der Waals surface area (Å²) in [5.74, 6) is 0.834. The van der Waals surface area contributed by atoms with E-state index in [1.54, 1.807) is 0 Å². The molecule has 3 N–H and O–H groups in total. The van der Waals surface area contributed by atoms with Gasteiger partial charge >= 0.3 is 0 Å². The van der Waals surface area contributed by atoms with Crippen LogP contribution in [0, 0.1) is 0 Å². The van der Waals surface area contributed by atoms with Gasteiger partial charge in [0.25, 0.3) is 5.56 Å². The standard InChI is InChI=1S/C24H33N5O3/c1-18(19-5-3-2-4-6-19)13-22(30)28-11-8-24(32,9-12-28)16-29-17-26-21(14-23(29)31)27-20-7-10-25-15-20/h2-6,14,17-18,20,25,27,32H,7-13,15-16H2,1H3. The van der Waals surface area contributed by atoms with Crippen molar-refractivity contribution in [2.75, 3.05) is 31.5 Å². The summed E-state index contributed by atoms with van der Waals surface area (Å²) in [6.07, 6.45) is 3.85. The third kappa shape index (κ3) is 5.55. The zero-order chi connectivity index (χ0) is 22.6. The van der Waals surface area contributed by atoms with Crippen LogP contribution in [0.3, 0.4) is 0 Å². The average molecular weight is 440 g/mol. The first-order chi connectivity index (χ1) is 15.4. The van der Waals surface area contributed by atoms with Crippen LogP contribution >= 0.6 is 0 Å². The Hall–Kier alpha value is -2.71. The quantitative estimate of drug-likeness (QED) is 0.606. The minimum Gasteiger partial charge on any atom is -0.388 e. The van der Waals surface area contributed by atoms with Crippen LogP contribution < -0.4 is 16.2 Å². The number of nitrogens with one attached hydrogen (secondary N) is 2. The lowest BCUT2D eigenvalue weighted by atomic mass is 9.90. The molecule has 8 nitrogen and oxygen atoms in total. The molecule has 2 aromatic rings. The van der Waals surface area contributed by atoms with E-state index in [4.69, 9.17) is 0 Å².